The van der Waals surface area contributed by atoms with Crippen LogP contribution in [0.1, 0.15) is 21.7 Å². The number of rotatable bonds is 2. The number of aromatic nitrogens is 1. The Bertz CT molecular complexity index is 643. The van der Waals surface area contributed by atoms with E-state index < -0.39 is 0 Å². The molecule has 0 saturated heterocycles. The van der Waals surface area contributed by atoms with Gasteiger partial charge in [-0.15, -0.1) is 0 Å². The van der Waals surface area contributed by atoms with Gasteiger partial charge in [0.05, 0.1) is 16.9 Å². The Morgan fingerprint density at radius 2 is 2.00 bits per heavy atom. The first-order valence-corrected chi connectivity index (χ1v) is 6.85. The maximum Gasteiger partial charge on any atom is 0.256 e. The van der Waals surface area contributed by atoms with E-state index in [0.717, 1.165) is 11.4 Å². The first-order chi connectivity index (χ1) is 8.97. The van der Waals surface area contributed by atoms with E-state index >= 15 is 0 Å². The van der Waals surface area contributed by atoms with Crippen LogP contribution in [0.4, 0.5) is 5.69 Å². The van der Waals surface area contributed by atoms with E-state index in [0.29, 0.717) is 20.7 Å². The number of anilines is 1. The fraction of sp³-hybridized carbons (Fsp3) is 0.143. The van der Waals surface area contributed by atoms with E-state index in [-0.39, 0.29) is 5.91 Å². The summed E-state index contributed by atoms with van der Waals surface area (Å²) in [4.78, 5) is 16.5. The number of halogens is 2. The summed E-state index contributed by atoms with van der Waals surface area (Å²) in [7, 11) is 0. The van der Waals surface area contributed by atoms with Gasteiger partial charge >= 0.3 is 0 Å². The van der Waals surface area contributed by atoms with Crippen LogP contribution in [-0.2, 0) is 0 Å². The molecule has 1 heterocycles. The molecule has 0 aliphatic rings. The molecule has 0 bridgehead atoms. The van der Waals surface area contributed by atoms with Gasteiger partial charge in [0.1, 0.15) is 0 Å². The smallest absolute Gasteiger partial charge is 0.256 e. The highest BCUT2D eigenvalue weighted by Crippen LogP contribution is 2.23. The van der Waals surface area contributed by atoms with Crippen molar-refractivity contribution in [2.45, 2.75) is 13.8 Å². The summed E-state index contributed by atoms with van der Waals surface area (Å²) in [5.41, 5.74) is 2.89. The predicted molar refractivity (Wildman–Crippen MR) is 80.8 cm³/mol. The number of nitrogens with one attached hydrogen (secondary N) is 1. The zero-order valence-corrected chi connectivity index (χ0v) is 12.8. The third-order valence-electron chi connectivity index (χ3n) is 2.65. The average Bonchev–Trinajstić information content (AvgIpc) is 2.35. The molecule has 1 N–H and O–H groups in total. The monoisotopic (exact) mass is 338 g/mol. The van der Waals surface area contributed by atoms with Gasteiger partial charge in [0.25, 0.3) is 5.91 Å². The van der Waals surface area contributed by atoms with Crippen LogP contribution in [-0.4, -0.2) is 10.9 Å². The molecule has 1 aromatic heterocycles. The van der Waals surface area contributed by atoms with Crippen molar-refractivity contribution in [3.63, 3.8) is 0 Å². The molecule has 5 heteroatoms. The van der Waals surface area contributed by atoms with Crippen LogP contribution in [0.2, 0.25) is 5.02 Å². The summed E-state index contributed by atoms with van der Waals surface area (Å²) < 4.78 is 0.701. The quantitative estimate of drug-likeness (QED) is 0.883. The lowest BCUT2D eigenvalue weighted by atomic mass is 10.2. The normalized spacial score (nSPS) is 10.3. The van der Waals surface area contributed by atoms with E-state index in [1.807, 2.05) is 26.0 Å². The standard InChI is InChI=1S/C14H12BrClN2O/c1-8-3-6-13(9(2)17-8)18-14(19)11-7-10(16)4-5-12(11)15/h3-7H,1-2H3,(H,18,19). The van der Waals surface area contributed by atoms with Crippen molar-refractivity contribution in [1.82, 2.24) is 4.98 Å². The van der Waals surface area contributed by atoms with Gasteiger partial charge in [-0.25, -0.2) is 0 Å². The number of hydrogen-bond acceptors (Lipinski definition) is 2. The lowest BCUT2D eigenvalue weighted by Gasteiger charge is -2.09. The molecule has 0 fully saturated rings. The number of amides is 1. The second-order valence-electron chi connectivity index (χ2n) is 4.16. The summed E-state index contributed by atoms with van der Waals surface area (Å²) in [6, 6.07) is 8.79. The maximum absolute atomic E-state index is 12.2. The van der Waals surface area contributed by atoms with E-state index in [4.69, 9.17) is 11.6 Å². The Balaban J connectivity index is 2.28. The summed E-state index contributed by atoms with van der Waals surface area (Å²) in [5, 5.41) is 3.35. The van der Waals surface area contributed by atoms with Crippen molar-refractivity contribution in [2.75, 3.05) is 5.32 Å². The van der Waals surface area contributed by atoms with Gasteiger partial charge in [-0.05, 0) is 60.1 Å². The number of pyridine rings is 1. The van der Waals surface area contributed by atoms with Crippen molar-refractivity contribution >= 4 is 39.1 Å². The summed E-state index contributed by atoms with van der Waals surface area (Å²) >= 11 is 9.24. The molecule has 2 rings (SSSR count). The van der Waals surface area contributed by atoms with Crippen molar-refractivity contribution in [3.05, 3.63) is 56.8 Å². The lowest BCUT2D eigenvalue weighted by Crippen LogP contribution is -2.14. The summed E-state index contributed by atoms with van der Waals surface area (Å²) in [6.45, 7) is 3.77. The molecule has 1 aromatic carbocycles. The lowest BCUT2D eigenvalue weighted by molar-refractivity contribution is 0.102. The molecule has 0 spiro atoms. The topological polar surface area (TPSA) is 42.0 Å². The minimum Gasteiger partial charge on any atom is -0.320 e. The van der Waals surface area contributed by atoms with E-state index in [1.54, 1.807) is 18.2 Å². The van der Waals surface area contributed by atoms with E-state index in [2.05, 4.69) is 26.2 Å². The first-order valence-electron chi connectivity index (χ1n) is 5.68. The minimum absolute atomic E-state index is 0.219. The van der Waals surface area contributed by atoms with Crippen LogP contribution in [0, 0.1) is 13.8 Å². The molecule has 0 radical (unpaired) electrons. The van der Waals surface area contributed by atoms with Crippen LogP contribution in [0.25, 0.3) is 0 Å². The van der Waals surface area contributed by atoms with Crippen LogP contribution in [0.3, 0.4) is 0 Å². The number of carbonyl (C=O) groups is 1. The van der Waals surface area contributed by atoms with Gasteiger partial charge in [0.2, 0.25) is 0 Å². The second-order valence-corrected chi connectivity index (χ2v) is 5.45. The number of aryl methyl sites for hydroxylation is 2. The molecule has 0 unspecified atom stereocenters. The molecule has 0 saturated carbocycles. The minimum atomic E-state index is -0.219. The Labute approximate surface area is 125 Å². The predicted octanol–water partition coefficient (Wildman–Crippen LogP) is 4.37. The first kappa shape index (κ1) is 14.0. The highest BCUT2D eigenvalue weighted by atomic mass is 79.9. The van der Waals surface area contributed by atoms with Crippen molar-refractivity contribution in [2.24, 2.45) is 0 Å². The van der Waals surface area contributed by atoms with Gasteiger partial charge in [-0.3, -0.25) is 9.78 Å². The Morgan fingerprint density at radius 3 is 2.68 bits per heavy atom. The van der Waals surface area contributed by atoms with Crippen molar-refractivity contribution in [3.8, 4) is 0 Å². The maximum atomic E-state index is 12.2. The third kappa shape index (κ3) is 3.33. The Kier molecular flexibility index (Phi) is 4.22. The SMILES string of the molecule is Cc1ccc(NC(=O)c2cc(Cl)ccc2Br)c(C)n1. The molecule has 19 heavy (non-hydrogen) atoms. The summed E-state index contributed by atoms with van der Waals surface area (Å²) in [6.07, 6.45) is 0. The van der Waals surface area contributed by atoms with Crippen LogP contribution >= 0.6 is 27.5 Å². The fourth-order valence-electron chi connectivity index (χ4n) is 1.68. The Morgan fingerprint density at radius 1 is 1.26 bits per heavy atom. The fourth-order valence-corrected chi connectivity index (χ4v) is 2.28. The van der Waals surface area contributed by atoms with Crippen LogP contribution in [0.5, 0.6) is 0 Å². The van der Waals surface area contributed by atoms with E-state index in [9.17, 15) is 4.79 Å². The number of benzene rings is 1. The summed E-state index contributed by atoms with van der Waals surface area (Å²) in [5.74, 6) is -0.219. The second kappa shape index (κ2) is 5.72. The molecule has 1 amide bonds. The van der Waals surface area contributed by atoms with Crippen LogP contribution < -0.4 is 5.32 Å². The molecular formula is C14H12BrClN2O. The third-order valence-corrected chi connectivity index (χ3v) is 3.57. The molecule has 0 atom stereocenters. The van der Waals surface area contributed by atoms with Gasteiger partial charge in [0.15, 0.2) is 0 Å². The van der Waals surface area contributed by atoms with Crippen LogP contribution in [0.15, 0.2) is 34.8 Å². The molecular weight excluding hydrogens is 328 g/mol. The van der Waals surface area contributed by atoms with Gasteiger partial charge in [-0.2, -0.15) is 0 Å². The number of hydrogen-bond donors (Lipinski definition) is 1. The Hall–Kier alpha value is -1.39. The zero-order valence-electron chi connectivity index (χ0n) is 10.5. The van der Waals surface area contributed by atoms with E-state index in [1.165, 1.54) is 0 Å². The molecule has 0 aliphatic heterocycles. The van der Waals surface area contributed by atoms with Crippen molar-refractivity contribution < 1.29 is 4.79 Å². The van der Waals surface area contributed by atoms with Gasteiger partial charge < -0.3 is 5.32 Å². The number of carbonyl (C=O) groups excluding carboxylic acids is 1. The number of nitrogens with zero attached hydrogens (tertiary/aromatic N) is 1. The largest absolute Gasteiger partial charge is 0.320 e. The molecule has 0 aliphatic carbocycles. The molecule has 3 nitrogen and oxygen atoms in total. The zero-order chi connectivity index (χ0) is 14.0. The highest BCUT2D eigenvalue weighted by Gasteiger charge is 2.12. The van der Waals surface area contributed by atoms with Crippen molar-refractivity contribution in [1.29, 1.82) is 0 Å². The average molecular weight is 340 g/mol. The van der Waals surface area contributed by atoms with Gasteiger partial charge in [-0.1, -0.05) is 11.6 Å². The van der Waals surface area contributed by atoms with Gasteiger partial charge in [0, 0.05) is 15.2 Å². The highest BCUT2D eigenvalue weighted by molar-refractivity contribution is 9.10. The molecule has 98 valence electrons. The molecule has 2 aromatic rings.